The van der Waals surface area contributed by atoms with Crippen LogP contribution < -0.4 is 0 Å². The van der Waals surface area contributed by atoms with Crippen molar-refractivity contribution in [1.82, 2.24) is 14.8 Å². The molecule has 4 fully saturated rings. The van der Waals surface area contributed by atoms with Crippen molar-refractivity contribution in [2.24, 2.45) is 0 Å². The van der Waals surface area contributed by atoms with Crippen LogP contribution in [0.5, 0.6) is 0 Å². The lowest BCUT2D eigenvalue weighted by Crippen LogP contribution is -2.70. The van der Waals surface area contributed by atoms with Gasteiger partial charge in [-0.15, -0.1) is 0 Å². The second-order valence-corrected chi connectivity index (χ2v) is 7.55. The van der Waals surface area contributed by atoms with Crippen LogP contribution in [-0.4, -0.2) is 64.2 Å². The maximum Gasteiger partial charge on any atom is 0.165 e. The number of piperidine rings is 2. The molecule has 2 atom stereocenters. The molecular weight excluding hydrogens is 306 g/mol. The van der Waals surface area contributed by atoms with Gasteiger partial charge in [0.1, 0.15) is 4.32 Å². The Labute approximate surface area is 120 Å². The second-order valence-electron chi connectivity index (χ2n) is 6.03. The van der Waals surface area contributed by atoms with E-state index in [-0.39, 0.29) is 9.74 Å². The van der Waals surface area contributed by atoms with E-state index in [1.54, 1.807) is 12.4 Å². The summed E-state index contributed by atoms with van der Waals surface area (Å²) in [6, 6.07) is 4.01. The second kappa shape index (κ2) is 3.87. The van der Waals surface area contributed by atoms with Gasteiger partial charge < -0.3 is 0 Å². The topological polar surface area (TPSA) is 36.4 Å². The molecule has 4 bridgehead atoms. The largest absolute Gasteiger partial charge is 0.299 e. The molecule has 19 heavy (non-hydrogen) atoms. The number of ketones is 1. The van der Waals surface area contributed by atoms with E-state index in [0.29, 0.717) is 5.78 Å². The smallest absolute Gasteiger partial charge is 0.165 e. The quantitative estimate of drug-likeness (QED) is 0.712. The standard InChI is InChI=1S/C14H16BrN3O/c15-14-9-17-5-6-18(10-14)8-13(7-17,12(14)19)11-1-3-16-4-2-11/h1-4H,5-10H2. The fourth-order valence-corrected chi connectivity index (χ4v) is 5.07. The number of hydrogen-bond acceptors (Lipinski definition) is 4. The highest BCUT2D eigenvalue weighted by Crippen LogP contribution is 2.45. The predicted molar refractivity (Wildman–Crippen MR) is 75.5 cm³/mol. The molecule has 4 aliphatic heterocycles. The lowest BCUT2D eigenvalue weighted by Gasteiger charge is -2.52. The summed E-state index contributed by atoms with van der Waals surface area (Å²) in [6.07, 6.45) is 3.59. The van der Waals surface area contributed by atoms with Gasteiger partial charge in [0, 0.05) is 51.7 Å². The monoisotopic (exact) mass is 321 g/mol. The first kappa shape index (κ1) is 12.0. The molecule has 0 spiro atoms. The Morgan fingerprint density at radius 3 is 2.21 bits per heavy atom. The number of aromatic nitrogens is 1. The van der Waals surface area contributed by atoms with Gasteiger partial charge in [-0.2, -0.15) is 0 Å². The van der Waals surface area contributed by atoms with Crippen LogP contribution >= 0.6 is 15.9 Å². The molecule has 0 aliphatic carbocycles. The lowest BCUT2D eigenvalue weighted by molar-refractivity contribution is -0.134. The number of fused-ring (bicyclic) bond motifs is 1. The van der Waals surface area contributed by atoms with Crippen LogP contribution in [0.1, 0.15) is 5.56 Å². The molecule has 5 heteroatoms. The van der Waals surface area contributed by atoms with Gasteiger partial charge in [-0.25, -0.2) is 0 Å². The Balaban J connectivity index is 1.89. The fraction of sp³-hybridized carbons (Fsp3) is 0.571. The van der Waals surface area contributed by atoms with Crippen molar-refractivity contribution >= 4 is 21.7 Å². The predicted octanol–water partition coefficient (Wildman–Crippen LogP) is 0.667. The number of carbonyl (C=O) groups is 1. The summed E-state index contributed by atoms with van der Waals surface area (Å²) in [5, 5.41) is 0. The highest BCUT2D eigenvalue weighted by Gasteiger charge is 2.61. The van der Waals surface area contributed by atoms with Gasteiger partial charge in [0.15, 0.2) is 5.78 Å². The Kier molecular flexibility index (Phi) is 2.44. The molecule has 0 N–H and O–H groups in total. The maximum atomic E-state index is 13.1. The summed E-state index contributed by atoms with van der Waals surface area (Å²) in [5.74, 6) is 0.362. The van der Waals surface area contributed by atoms with Crippen molar-refractivity contribution in [3.63, 3.8) is 0 Å². The Morgan fingerprint density at radius 1 is 1.05 bits per heavy atom. The zero-order valence-corrected chi connectivity index (χ0v) is 12.3. The van der Waals surface area contributed by atoms with Gasteiger partial charge in [-0.3, -0.25) is 19.6 Å². The molecule has 0 aromatic carbocycles. The van der Waals surface area contributed by atoms with Gasteiger partial charge in [0.05, 0.1) is 5.41 Å². The van der Waals surface area contributed by atoms with Crippen molar-refractivity contribution in [2.45, 2.75) is 9.74 Å². The highest BCUT2D eigenvalue weighted by molar-refractivity contribution is 9.10. The molecule has 4 aliphatic rings. The molecule has 5 heterocycles. The molecule has 2 unspecified atom stereocenters. The minimum Gasteiger partial charge on any atom is -0.299 e. The molecule has 100 valence electrons. The summed E-state index contributed by atoms with van der Waals surface area (Å²) < 4.78 is -0.386. The minimum atomic E-state index is -0.386. The fourth-order valence-electron chi connectivity index (χ4n) is 3.98. The number of halogens is 1. The number of rotatable bonds is 1. The summed E-state index contributed by atoms with van der Waals surface area (Å²) in [7, 11) is 0. The van der Waals surface area contributed by atoms with E-state index in [1.807, 2.05) is 12.1 Å². The lowest BCUT2D eigenvalue weighted by atomic mass is 9.67. The van der Waals surface area contributed by atoms with Gasteiger partial charge in [-0.1, -0.05) is 15.9 Å². The molecule has 5 rings (SSSR count). The van der Waals surface area contributed by atoms with E-state index in [2.05, 4.69) is 30.7 Å². The molecule has 4 nitrogen and oxygen atoms in total. The molecule has 0 amide bonds. The van der Waals surface area contributed by atoms with E-state index in [9.17, 15) is 4.79 Å². The molecular formula is C14H16BrN3O. The summed E-state index contributed by atoms with van der Waals surface area (Å²) in [6.45, 7) is 5.50. The van der Waals surface area contributed by atoms with Crippen LogP contribution in [0.2, 0.25) is 0 Å². The molecule has 4 saturated heterocycles. The van der Waals surface area contributed by atoms with Crippen LogP contribution in [-0.2, 0) is 10.2 Å². The number of hydrogen-bond donors (Lipinski definition) is 0. The van der Waals surface area contributed by atoms with Crippen LogP contribution in [0.25, 0.3) is 0 Å². The van der Waals surface area contributed by atoms with Crippen LogP contribution in [0.15, 0.2) is 24.5 Å². The number of nitrogens with zero attached hydrogens (tertiary/aromatic N) is 3. The van der Waals surface area contributed by atoms with Crippen molar-refractivity contribution < 1.29 is 4.79 Å². The van der Waals surface area contributed by atoms with Gasteiger partial charge in [0.25, 0.3) is 0 Å². The number of alkyl halides is 1. The van der Waals surface area contributed by atoms with Crippen LogP contribution in [0.3, 0.4) is 0 Å². The first-order valence-electron chi connectivity index (χ1n) is 6.72. The number of Topliss-reactive ketones (excluding diaryl/α,β-unsaturated/α-hetero) is 1. The van der Waals surface area contributed by atoms with E-state index in [4.69, 9.17) is 0 Å². The molecule has 0 saturated carbocycles. The first-order chi connectivity index (χ1) is 9.12. The van der Waals surface area contributed by atoms with E-state index >= 15 is 0 Å². The van der Waals surface area contributed by atoms with Gasteiger partial charge in [-0.05, 0) is 17.7 Å². The van der Waals surface area contributed by atoms with Crippen molar-refractivity contribution in [2.75, 3.05) is 39.3 Å². The van der Waals surface area contributed by atoms with Crippen LogP contribution in [0, 0.1) is 0 Å². The van der Waals surface area contributed by atoms with Crippen LogP contribution in [0.4, 0.5) is 0 Å². The molecule has 1 aromatic heterocycles. The maximum absolute atomic E-state index is 13.1. The number of carbonyl (C=O) groups excluding carboxylic acids is 1. The summed E-state index contributed by atoms with van der Waals surface area (Å²) >= 11 is 3.76. The molecule has 1 aromatic rings. The SMILES string of the molecule is O=C1C2(Br)CN3CCN(C2)CC1(c1ccncc1)C3. The summed E-state index contributed by atoms with van der Waals surface area (Å²) in [4.78, 5) is 22.0. The Bertz CT molecular complexity index is 517. The average molecular weight is 322 g/mol. The minimum absolute atomic E-state index is 0.362. The third-order valence-electron chi connectivity index (χ3n) is 4.74. The van der Waals surface area contributed by atoms with Gasteiger partial charge >= 0.3 is 0 Å². The van der Waals surface area contributed by atoms with E-state index in [0.717, 1.165) is 44.8 Å². The van der Waals surface area contributed by atoms with E-state index < -0.39 is 0 Å². The molecule has 0 radical (unpaired) electrons. The zero-order chi connectivity index (χ0) is 13.1. The normalized spacial score (nSPS) is 44.4. The van der Waals surface area contributed by atoms with Crippen molar-refractivity contribution in [3.8, 4) is 0 Å². The Hall–Kier alpha value is -0.780. The Morgan fingerprint density at radius 2 is 1.63 bits per heavy atom. The highest BCUT2D eigenvalue weighted by atomic mass is 79.9. The number of pyridine rings is 1. The zero-order valence-electron chi connectivity index (χ0n) is 10.7. The van der Waals surface area contributed by atoms with Crippen molar-refractivity contribution in [1.29, 1.82) is 0 Å². The first-order valence-corrected chi connectivity index (χ1v) is 7.51. The van der Waals surface area contributed by atoms with Gasteiger partial charge in [0.2, 0.25) is 0 Å². The van der Waals surface area contributed by atoms with Crippen molar-refractivity contribution in [3.05, 3.63) is 30.1 Å². The van der Waals surface area contributed by atoms with E-state index in [1.165, 1.54) is 0 Å². The average Bonchev–Trinajstić information content (AvgIpc) is 2.64. The third kappa shape index (κ3) is 1.58. The third-order valence-corrected chi connectivity index (χ3v) is 5.60. The summed E-state index contributed by atoms with van der Waals surface area (Å²) in [5.41, 5.74) is 0.743.